The molecule has 30 heavy (non-hydrogen) atoms. The van der Waals surface area contributed by atoms with Gasteiger partial charge in [0.15, 0.2) is 11.5 Å². The number of aromatic nitrogens is 5. The largest absolute Gasteiger partial charge is 0.469 e. The molecule has 3 aliphatic rings. The number of carbonyl (C=O) groups excluding carboxylic acids is 1. The van der Waals surface area contributed by atoms with Crippen LogP contribution < -0.4 is 5.32 Å². The third-order valence-electron chi connectivity index (χ3n) is 6.33. The first-order chi connectivity index (χ1) is 14.5. The zero-order valence-electron chi connectivity index (χ0n) is 16.2. The van der Waals surface area contributed by atoms with Crippen LogP contribution in [0.4, 0.5) is 10.2 Å². The minimum absolute atomic E-state index is 0.111. The Kier molecular flexibility index (Phi) is 4.77. The molecule has 3 heterocycles. The maximum atomic E-state index is 13.7. The molecule has 1 unspecified atom stereocenters. The summed E-state index contributed by atoms with van der Waals surface area (Å²) in [5, 5.41) is 11.2. The van der Waals surface area contributed by atoms with Crippen molar-refractivity contribution in [1.82, 2.24) is 25.1 Å². The van der Waals surface area contributed by atoms with Crippen LogP contribution in [0.5, 0.6) is 0 Å². The third kappa shape index (κ3) is 3.17. The molecule has 10 heteroatoms. The van der Waals surface area contributed by atoms with Crippen molar-refractivity contribution in [3.05, 3.63) is 29.3 Å². The van der Waals surface area contributed by atoms with E-state index in [0.717, 1.165) is 31.9 Å². The molecule has 6 rings (SSSR count). The molecule has 2 bridgehead atoms. The number of anilines is 1. The van der Waals surface area contributed by atoms with Gasteiger partial charge < -0.3 is 10.1 Å². The van der Waals surface area contributed by atoms with E-state index >= 15 is 0 Å². The van der Waals surface area contributed by atoms with Gasteiger partial charge in [-0.05, 0) is 43.6 Å². The van der Waals surface area contributed by atoms with Crippen molar-refractivity contribution in [2.24, 2.45) is 17.8 Å². The highest BCUT2D eigenvalue weighted by atomic mass is 35.5. The molecule has 0 spiro atoms. The fraction of sp³-hybridized carbons (Fsp3) is 0.450. The fourth-order valence-electron chi connectivity index (χ4n) is 4.92. The number of rotatable bonds is 4. The van der Waals surface area contributed by atoms with Gasteiger partial charge in [-0.3, -0.25) is 9.89 Å². The zero-order valence-corrected chi connectivity index (χ0v) is 17.0. The summed E-state index contributed by atoms with van der Waals surface area (Å²) in [7, 11) is 1.42. The van der Waals surface area contributed by atoms with Crippen LogP contribution in [0.1, 0.15) is 25.7 Å². The number of hydrogen-bond acceptors (Lipinski definition) is 7. The van der Waals surface area contributed by atoms with E-state index in [1.54, 1.807) is 0 Å². The number of halogens is 2. The topological polar surface area (TPSA) is 106 Å². The quantitative estimate of drug-likeness (QED) is 0.609. The molecule has 2 N–H and O–H groups in total. The standard InChI is InChI=1S/C20H20ClFN6O2/c1-30-20(29)14-9-2-4-10(5-3-9)15(14)25-18-13(21)8-24-19(26-18)16-12-6-11(22)7-23-17(12)28-27-16/h6-10,14-15H,2-5H2,1H3,(H,23,27,28)(H,24,25,26)/t9?,10?,14-,15?/m0/s1. The molecule has 3 aromatic rings. The van der Waals surface area contributed by atoms with Gasteiger partial charge in [0.05, 0.1) is 30.8 Å². The van der Waals surface area contributed by atoms with Crippen LogP contribution in [0.2, 0.25) is 5.02 Å². The van der Waals surface area contributed by atoms with Crippen molar-refractivity contribution >= 4 is 34.4 Å². The van der Waals surface area contributed by atoms with Crippen LogP contribution in [0.25, 0.3) is 22.6 Å². The molecule has 3 aliphatic carbocycles. The van der Waals surface area contributed by atoms with Gasteiger partial charge in [0.1, 0.15) is 22.4 Å². The number of ether oxygens (including phenoxy) is 1. The van der Waals surface area contributed by atoms with Crippen LogP contribution in [0.3, 0.4) is 0 Å². The predicted octanol–water partition coefficient (Wildman–Crippen LogP) is 3.60. The molecule has 8 nitrogen and oxygen atoms in total. The van der Waals surface area contributed by atoms with Gasteiger partial charge in [-0.2, -0.15) is 5.10 Å². The normalized spacial score (nSPS) is 25.4. The van der Waals surface area contributed by atoms with Crippen molar-refractivity contribution in [3.8, 4) is 11.5 Å². The second-order valence-electron chi connectivity index (χ2n) is 7.91. The van der Waals surface area contributed by atoms with Crippen LogP contribution in [0, 0.1) is 23.6 Å². The van der Waals surface area contributed by atoms with Crippen molar-refractivity contribution in [2.75, 3.05) is 12.4 Å². The van der Waals surface area contributed by atoms with Gasteiger partial charge in [-0.15, -0.1) is 0 Å². The second-order valence-corrected chi connectivity index (χ2v) is 8.31. The number of nitrogens with zero attached hydrogens (tertiary/aromatic N) is 4. The monoisotopic (exact) mass is 430 g/mol. The average Bonchev–Trinajstić information content (AvgIpc) is 3.18. The van der Waals surface area contributed by atoms with E-state index in [4.69, 9.17) is 16.3 Å². The van der Waals surface area contributed by atoms with Crippen molar-refractivity contribution in [2.45, 2.75) is 31.7 Å². The summed E-state index contributed by atoms with van der Waals surface area (Å²) in [4.78, 5) is 25.3. The number of fused-ring (bicyclic) bond motifs is 4. The Morgan fingerprint density at radius 3 is 2.77 bits per heavy atom. The number of nitrogens with one attached hydrogen (secondary N) is 2. The zero-order chi connectivity index (χ0) is 20.8. The van der Waals surface area contributed by atoms with Gasteiger partial charge in [0, 0.05) is 6.04 Å². The first kappa shape index (κ1) is 19.2. The Balaban J connectivity index is 1.50. The summed E-state index contributed by atoms with van der Waals surface area (Å²) in [5.74, 6) is 0.442. The first-order valence-corrected chi connectivity index (χ1v) is 10.3. The Labute approximate surface area is 176 Å². The summed E-state index contributed by atoms with van der Waals surface area (Å²) in [5.41, 5.74) is 0.821. The molecular formula is C20H20ClFN6O2. The number of pyridine rings is 1. The number of hydrogen-bond donors (Lipinski definition) is 2. The molecule has 2 atom stereocenters. The van der Waals surface area contributed by atoms with E-state index in [2.05, 4.69) is 30.5 Å². The second kappa shape index (κ2) is 7.46. The summed E-state index contributed by atoms with van der Waals surface area (Å²) < 4.78 is 18.8. The Morgan fingerprint density at radius 1 is 1.23 bits per heavy atom. The molecule has 0 aromatic carbocycles. The summed E-state index contributed by atoms with van der Waals surface area (Å²) in [6.07, 6.45) is 6.77. The number of H-pyrrole nitrogens is 1. The fourth-order valence-corrected chi connectivity index (χ4v) is 5.07. The lowest BCUT2D eigenvalue weighted by atomic mass is 9.61. The summed E-state index contributed by atoms with van der Waals surface area (Å²) >= 11 is 6.38. The van der Waals surface area contributed by atoms with Gasteiger partial charge in [0.25, 0.3) is 0 Å². The van der Waals surface area contributed by atoms with Gasteiger partial charge in [-0.1, -0.05) is 11.6 Å². The lowest BCUT2D eigenvalue weighted by molar-refractivity contribution is -0.152. The smallest absolute Gasteiger partial charge is 0.311 e. The van der Waals surface area contributed by atoms with E-state index in [1.165, 1.54) is 19.4 Å². The highest BCUT2D eigenvalue weighted by Gasteiger charge is 2.48. The molecule has 0 aliphatic heterocycles. The Morgan fingerprint density at radius 2 is 2.00 bits per heavy atom. The molecule has 3 fully saturated rings. The number of methoxy groups -OCH3 is 1. The molecule has 0 saturated heterocycles. The lowest BCUT2D eigenvalue weighted by Crippen LogP contribution is -2.51. The third-order valence-corrected chi connectivity index (χ3v) is 6.61. The van der Waals surface area contributed by atoms with E-state index in [0.29, 0.717) is 39.4 Å². The van der Waals surface area contributed by atoms with Crippen molar-refractivity contribution in [3.63, 3.8) is 0 Å². The molecular weight excluding hydrogens is 411 g/mol. The van der Waals surface area contributed by atoms with E-state index in [1.807, 2.05) is 0 Å². The molecule has 156 valence electrons. The first-order valence-electron chi connectivity index (χ1n) is 9.92. The van der Waals surface area contributed by atoms with Gasteiger partial charge in [-0.25, -0.2) is 19.3 Å². The van der Waals surface area contributed by atoms with Crippen molar-refractivity contribution < 1.29 is 13.9 Å². The van der Waals surface area contributed by atoms with Crippen molar-refractivity contribution in [1.29, 1.82) is 0 Å². The van der Waals surface area contributed by atoms with E-state index in [-0.39, 0.29) is 23.8 Å². The SMILES string of the molecule is COC(=O)[C@H]1C2CCC(CC2)C1Nc1nc(-c2n[nH]c3ncc(F)cc23)ncc1Cl. The van der Waals surface area contributed by atoms with Gasteiger partial charge >= 0.3 is 5.97 Å². The molecule has 0 amide bonds. The van der Waals surface area contributed by atoms with Crippen LogP contribution in [-0.4, -0.2) is 44.3 Å². The summed E-state index contributed by atoms with van der Waals surface area (Å²) in [6, 6.07) is 1.22. The molecule has 3 aromatic heterocycles. The highest BCUT2D eigenvalue weighted by molar-refractivity contribution is 6.32. The maximum absolute atomic E-state index is 13.7. The lowest BCUT2D eigenvalue weighted by Gasteiger charge is -2.47. The minimum atomic E-state index is -0.475. The number of esters is 1. The van der Waals surface area contributed by atoms with E-state index in [9.17, 15) is 9.18 Å². The van der Waals surface area contributed by atoms with Crippen LogP contribution in [-0.2, 0) is 9.53 Å². The van der Waals surface area contributed by atoms with Crippen LogP contribution >= 0.6 is 11.6 Å². The van der Waals surface area contributed by atoms with Crippen LogP contribution in [0.15, 0.2) is 18.5 Å². The number of aromatic amines is 1. The molecule has 3 saturated carbocycles. The Bertz CT molecular complexity index is 1110. The minimum Gasteiger partial charge on any atom is -0.469 e. The Hall–Kier alpha value is -2.81. The summed E-state index contributed by atoms with van der Waals surface area (Å²) in [6.45, 7) is 0. The highest BCUT2D eigenvalue weighted by Crippen LogP contribution is 2.47. The number of carbonyl (C=O) groups is 1. The maximum Gasteiger partial charge on any atom is 0.311 e. The van der Waals surface area contributed by atoms with E-state index < -0.39 is 5.82 Å². The predicted molar refractivity (Wildman–Crippen MR) is 108 cm³/mol. The average molecular weight is 431 g/mol. The van der Waals surface area contributed by atoms with Gasteiger partial charge in [0.2, 0.25) is 0 Å². The molecule has 0 radical (unpaired) electrons.